The Bertz CT molecular complexity index is 1020. The van der Waals surface area contributed by atoms with E-state index in [0.717, 1.165) is 20.2 Å². The van der Waals surface area contributed by atoms with Crippen molar-refractivity contribution in [3.63, 3.8) is 0 Å². The zero-order chi connectivity index (χ0) is 19.7. The number of benzene rings is 2. The Morgan fingerprint density at radius 3 is 1.68 bits per heavy atom. The van der Waals surface area contributed by atoms with Crippen LogP contribution in [0.25, 0.3) is 6.08 Å². The van der Waals surface area contributed by atoms with Gasteiger partial charge in [0, 0.05) is 4.88 Å². The molecular weight excluding hydrogens is 372 g/mol. The van der Waals surface area contributed by atoms with Crippen LogP contribution in [0.2, 0.25) is 0 Å². The van der Waals surface area contributed by atoms with Crippen molar-refractivity contribution >= 4 is 46.6 Å². The summed E-state index contributed by atoms with van der Waals surface area (Å²) in [6, 6.07) is 18.5. The molecule has 2 aromatic carbocycles. The standard InChI is InChI=1S/C22H16N2O3S/c1-15-12-13-28-19(15)14-18-20(25)23(16-8-4-2-5-9-16)22(27)24(21(18)26)17-10-6-3-7-11-17/h2-14H,1H3. The number of aryl methyl sites for hydroxylation is 1. The number of nitrogens with zero attached hydrogens (tertiary/aromatic N) is 2. The number of para-hydroxylation sites is 2. The Kier molecular flexibility index (Phi) is 4.63. The first-order valence-electron chi connectivity index (χ1n) is 8.66. The monoisotopic (exact) mass is 388 g/mol. The molecule has 1 saturated heterocycles. The van der Waals surface area contributed by atoms with Crippen molar-refractivity contribution in [1.29, 1.82) is 0 Å². The third-order valence-corrected chi connectivity index (χ3v) is 5.42. The van der Waals surface area contributed by atoms with Crippen LogP contribution in [0.5, 0.6) is 0 Å². The molecule has 4 rings (SSSR count). The fraction of sp³-hybridized carbons (Fsp3) is 0.0455. The Hall–Kier alpha value is -3.51. The highest BCUT2D eigenvalue weighted by Crippen LogP contribution is 2.30. The number of hydrogen-bond acceptors (Lipinski definition) is 4. The summed E-state index contributed by atoms with van der Waals surface area (Å²) in [4.78, 5) is 42.4. The van der Waals surface area contributed by atoms with Crippen molar-refractivity contribution < 1.29 is 14.4 Å². The molecule has 5 nitrogen and oxygen atoms in total. The number of anilines is 2. The minimum absolute atomic E-state index is 0.0437. The topological polar surface area (TPSA) is 57.7 Å². The lowest BCUT2D eigenvalue weighted by Crippen LogP contribution is -2.57. The molecule has 1 aromatic heterocycles. The highest BCUT2D eigenvalue weighted by atomic mass is 32.1. The summed E-state index contributed by atoms with van der Waals surface area (Å²) in [5, 5.41) is 1.90. The number of urea groups is 1. The van der Waals surface area contributed by atoms with E-state index in [1.165, 1.54) is 11.3 Å². The lowest BCUT2D eigenvalue weighted by Gasteiger charge is -2.33. The van der Waals surface area contributed by atoms with Crippen molar-refractivity contribution in [2.24, 2.45) is 0 Å². The van der Waals surface area contributed by atoms with Gasteiger partial charge in [0.25, 0.3) is 11.8 Å². The summed E-state index contributed by atoms with van der Waals surface area (Å²) in [6.07, 6.45) is 1.57. The normalized spacial score (nSPS) is 14.6. The van der Waals surface area contributed by atoms with E-state index in [1.54, 1.807) is 66.7 Å². The SMILES string of the molecule is Cc1ccsc1C=C1C(=O)N(c2ccccc2)C(=O)N(c2ccccc2)C1=O. The number of amides is 4. The number of carbonyl (C=O) groups is 3. The molecule has 1 fully saturated rings. The van der Waals surface area contributed by atoms with Crippen LogP contribution < -0.4 is 9.80 Å². The maximum Gasteiger partial charge on any atom is 0.343 e. The predicted octanol–water partition coefficient (Wildman–Crippen LogP) is 4.64. The van der Waals surface area contributed by atoms with Crippen LogP contribution in [-0.2, 0) is 9.59 Å². The van der Waals surface area contributed by atoms with Crippen LogP contribution in [0.4, 0.5) is 16.2 Å². The fourth-order valence-electron chi connectivity index (χ4n) is 3.00. The molecule has 2 heterocycles. The van der Waals surface area contributed by atoms with E-state index in [2.05, 4.69) is 0 Å². The van der Waals surface area contributed by atoms with E-state index < -0.39 is 17.8 Å². The Labute approximate surface area is 166 Å². The van der Waals surface area contributed by atoms with Gasteiger partial charge in [0.05, 0.1) is 11.4 Å². The fourth-order valence-corrected chi connectivity index (χ4v) is 3.86. The first kappa shape index (κ1) is 17.9. The van der Waals surface area contributed by atoms with Crippen molar-refractivity contribution in [3.05, 3.63) is 88.1 Å². The highest BCUT2D eigenvalue weighted by Gasteiger charge is 2.43. The van der Waals surface area contributed by atoms with E-state index >= 15 is 0 Å². The third kappa shape index (κ3) is 3.04. The van der Waals surface area contributed by atoms with Crippen molar-refractivity contribution in [1.82, 2.24) is 0 Å². The Morgan fingerprint density at radius 1 is 0.750 bits per heavy atom. The van der Waals surface area contributed by atoms with Crippen LogP contribution in [0, 0.1) is 6.92 Å². The molecule has 0 radical (unpaired) electrons. The number of barbiturate groups is 1. The molecular formula is C22H16N2O3S. The van der Waals surface area contributed by atoms with Gasteiger partial charge in [-0.3, -0.25) is 9.59 Å². The van der Waals surface area contributed by atoms with Gasteiger partial charge in [-0.2, -0.15) is 0 Å². The van der Waals surface area contributed by atoms with Gasteiger partial charge in [-0.1, -0.05) is 36.4 Å². The zero-order valence-electron chi connectivity index (χ0n) is 15.0. The number of imide groups is 2. The first-order valence-corrected chi connectivity index (χ1v) is 9.54. The van der Waals surface area contributed by atoms with E-state index in [-0.39, 0.29) is 5.57 Å². The Morgan fingerprint density at radius 2 is 1.25 bits per heavy atom. The molecule has 6 heteroatoms. The van der Waals surface area contributed by atoms with E-state index in [4.69, 9.17) is 0 Å². The van der Waals surface area contributed by atoms with Gasteiger partial charge in [-0.15, -0.1) is 11.3 Å². The molecule has 1 aliphatic heterocycles. The lowest BCUT2D eigenvalue weighted by atomic mass is 10.1. The van der Waals surface area contributed by atoms with Crippen molar-refractivity contribution in [2.75, 3.05) is 9.80 Å². The maximum absolute atomic E-state index is 13.2. The largest absolute Gasteiger partial charge is 0.343 e. The average Bonchev–Trinajstić information content (AvgIpc) is 3.11. The van der Waals surface area contributed by atoms with Crippen LogP contribution in [0.1, 0.15) is 10.4 Å². The molecule has 0 bridgehead atoms. The van der Waals surface area contributed by atoms with Crippen LogP contribution in [0.15, 0.2) is 77.7 Å². The van der Waals surface area contributed by atoms with Crippen LogP contribution in [-0.4, -0.2) is 17.8 Å². The molecule has 0 aliphatic carbocycles. The minimum Gasteiger partial charge on any atom is -0.268 e. The summed E-state index contributed by atoms with van der Waals surface area (Å²) in [7, 11) is 0. The second-order valence-corrected chi connectivity index (χ2v) is 7.21. The Balaban J connectivity index is 1.88. The molecule has 3 aromatic rings. The number of hydrogen-bond donors (Lipinski definition) is 0. The van der Waals surface area contributed by atoms with Crippen LogP contribution >= 0.6 is 11.3 Å². The molecule has 28 heavy (non-hydrogen) atoms. The summed E-state index contributed by atoms with van der Waals surface area (Å²) in [6.45, 7) is 1.91. The zero-order valence-corrected chi connectivity index (χ0v) is 15.8. The van der Waals surface area contributed by atoms with E-state index in [1.807, 2.05) is 18.4 Å². The average molecular weight is 388 g/mol. The summed E-state index contributed by atoms with van der Waals surface area (Å²) in [5.74, 6) is -1.25. The van der Waals surface area contributed by atoms with Gasteiger partial charge in [-0.25, -0.2) is 14.6 Å². The second kappa shape index (κ2) is 7.25. The molecule has 0 atom stereocenters. The van der Waals surface area contributed by atoms with E-state index in [0.29, 0.717) is 11.4 Å². The van der Waals surface area contributed by atoms with E-state index in [9.17, 15) is 14.4 Å². The molecule has 0 spiro atoms. The van der Waals surface area contributed by atoms with Crippen molar-refractivity contribution in [3.8, 4) is 0 Å². The number of carbonyl (C=O) groups excluding carboxylic acids is 3. The van der Waals surface area contributed by atoms with Gasteiger partial charge in [-0.05, 0) is 54.3 Å². The quantitative estimate of drug-likeness (QED) is 0.485. The highest BCUT2D eigenvalue weighted by molar-refractivity contribution is 7.11. The minimum atomic E-state index is -0.688. The van der Waals surface area contributed by atoms with Gasteiger partial charge in [0.1, 0.15) is 5.57 Å². The molecule has 1 aliphatic rings. The molecule has 0 unspecified atom stereocenters. The number of thiophene rings is 1. The van der Waals surface area contributed by atoms with Gasteiger partial charge in [0.15, 0.2) is 0 Å². The number of rotatable bonds is 3. The predicted molar refractivity (Wildman–Crippen MR) is 110 cm³/mol. The lowest BCUT2D eigenvalue weighted by molar-refractivity contribution is -0.121. The van der Waals surface area contributed by atoms with Gasteiger partial charge < -0.3 is 0 Å². The molecule has 4 amide bonds. The smallest absolute Gasteiger partial charge is 0.268 e. The van der Waals surface area contributed by atoms with Gasteiger partial charge in [0.2, 0.25) is 0 Å². The third-order valence-electron chi connectivity index (χ3n) is 4.46. The first-order chi connectivity index (χ1) is 13.6. The molecule has 0 saturated carbocycles. The summed E-state index contributed by atoms with van der Waals surface area (Å²) < 4.78 is 0. The summed E-state index contributed by atoms with van der Waals surface area (Å²) >= 11 is 1.44. The summed E-state index contributed by atoms with van der Waals surface area (Å²) in [5.41, 5.74) is 1.75. The molecule has 0 N–H and O–H groups in total. The maximum atomic E-state index is 13.2. The molecule has 138 valence electrons. The second-order valence-electron chi connectivity index (χ2n) is 6.26. The van der Waals surface area contributed by atoms with Gasteiger partial charge >= 0.3 is 6.03 Å². The van der Waals surface area contributed by atoms with Crippen LogP contribution in [0.3, 0.4) is 0 Å². The van der Waals surface area contributed by atoms with Crippen molar-refractivity contribution in [2.45, 2.75) is 6.92 Å².